The molecule has 0 bridgehead atoms. The fraction of sp³-hybridized carbons (Fsp3) is 0.346. The fourth-order valence-corrected chi connectivity index (χ4v) is 4.71. The summed E-state index contributed by atoms with van der Waals surface area (Å²) >= 11 is 0. The van der Waals surface area contributed by atoms with E-state index in [0.29, 0.717) is 36.8 Å². The Kier molecular flexibility index (Phi) is 5.29. The van der Waals surface area contributed by atoms with Crippen molar-refractivity contribution in [2.24, 2.45) is 0 Å². The predicted octanol–water partition coefficient (Wildman–Crippen LogP) is 4.80. The molecule has 1 spiro atoms. The Morgan fingerprint density at radius 3 is 2.66 bits per heavy atom. The van der Waals surface area contributed by atoms with Crippen LogP contribution in [0.1, 0.15) is 42.2 Å². The maximum atomic E-state index is 13.2. The first-order valence-electron chi connectivity index (χ1n) is 11.2. The minimum absolute atomic E-state index is 0.00628. The number of ether oxygens (including phenoxy) is 3. The summed E-state index contributed by atoms with van der Waals surface area (Å²) in [5, 5.41) is 0. The van der Waals surface area contributed by atoms with Crippen LogP contribution in [0, 0.1) is 0 Å². The van der Waals surface area contributed by atoms with Gasteiger partial charge in [-0.3, -0.25) is 4.79 Å². The third-order valence-electron chi connectivity index (χ3n) is 6.38. The van der Waals surface area contributed by atoms with Crippen LogP contribution in [-0.2, 0) is 5.60 Å². The monoisotopic (exact) mass is 432 g/mol. The van der Waals surface area contributed by atoms with E-state index < -0.39 is 5.60 Å². The molecule has 0 radical (unpaired) electrons. The fourth-order valence-electron chi connectivity index (χ4n) is 4.71. The van der Waals surface area contributed by atoms with E-state index in [-0.39, 0.29) is 5.91 Å². The first kappa shape index (κ1) is 20.5. The molecule has 0 N–H and O–H groups in total. The zero-order chi connectivity index (χ0) is 22.1. The second kappa shape index (κ2) is 8.26. The van der Waals surface area contributed by atoms with E-state index in [4.69, 9.17) is 14.2 Å². The molecule has 32 heavy (non-hydrogen) atoms. The van der Waals surface area contributed by atoms with Gasteiger partial charge in [-0.25, -0.2) is 0 Å². The summed E-state index contributed by atoms with van der Waals surface area (Å²) in [6, 6.07) is 17.7. The van der Waals surface area contributed by atoms with Crippen molar-refractivity contribution in [3.05, 3.63) is 72.1 Å². The number of para-hydroxylation sites is 2. The Hall–Kier alpha value is -3.41. The molecule has 6 nitrogen and oxygen atoms in total. The number of carbonyl (C=O) groups excluding carboxylic acids is 1. The number of nitrogens with zero attached hydrogens (tertiary/aromatic N) is 2. The molecule has 1 aromatic heterocycles. The van der Waals surface area contributed by atoms with Gasteiger partial charge in [0.05, 0.1) is 25.1 Å². The number of benzene rings is 2. The van der Waals surface area contributed by atoms with Gasteiger partial charge in [-0.05, 0) is 48.9 Å². The van der Waals surface area contributed by atoms with Gasteiger partial charge in [-0.15, -0.1) is 0 Å². The summed E-state index contributed by atoms with van der Waals surface area (Å²) in [5.74, 6) is 2.15. The third kappa shape index (κ3) is 3.40. The standard InChI is InChI=1S/C26H28N2O4/c1-3-17-31-22-11-10-19(18-23(22)30-2)25(29)27-15-12-26(13-16-27)24-9-6-14-28(24)20-7-4-5-8-21(20)32-26/h4-11,14,18H,3,12-13,15-17H2,1-2H3. The highest BCUT2D eigenvalue weighted by Gasteiger charge is 2.44. The van der Waals surface area contributed by atoms with Gasteiger partial charge in [0.25, 0.3) is 5.91 Å². The Morgan fingerprint density at radius 2 is 1.88 bits per heavy atom. The van der Waals surface area contributed by atoms with Crippen molar-refractivity contribution >= 4 is 5.91 Å². The van der Waals surface area contributed by atoms with E-state index in [2.05, 4.69) is 35.9 Å². The number of rotatable bonds is 5. The van der Waals surface area contributed by atoms with Crippen LogP contribution in [0.25, 0.3) is 5.69 Å². The molecule has 166 valence electrons. The van der Waals surface area contributed by atoms with Crippen molar-refractivity contribution in [2.45, 2.75) is 31.8 Å². The number of carbonyl (C=O) groups is 1. The van der Waals surface area contributed by atoms with Gasteiger partial charge in [0.15, 0.2) is 17.1 Å². The lowest BCUT2D eigenvalue weighted by Crippen LogP contribution is -2.50. The highest BCUT2D eigenvalue weighted by molar-refractivity contribution is 5.95. The molecule has 0 atom stereocenters. The molecule has 1 fully saturated rings. The van der Waals surface area contributed by atoms with Crippen LogP contribution >= 0.6 is 0 Å². The average molecular weight is 433 g/mol. The Balaban J connectivity index is 1.34. The highest BCUT2D eigenvalue weighted by atomic mass is 16.5. The van der Waals surface area contributed by atoms with Crippen LogP contribution in [0.4, 0.5) is 0 Å². The van der Waals surface area contributed by atoms with E-state index in [1.54, 1.807) is 13.2 Å². The van der Waals surface area contributed by atoms with Crippen LogP contribution < -0.4 is 14.2 Å². The lowest BCUT2D eigenvalue weighted by atomic mass is 9.86. The third-order valence-corrected chi connectivity index (χ3v) is 6.38. The smallest absolute Gasteiger partial charge is 0.253 e. The molecular formula is C26H28N2O4. The molecule has 2 aromatic carbocycles. The quantitative estimate of drug-likeness (QED) is 0.581. The van der Waals surface area contributed by atoms with Crippen molar-refractivity contribution < 1.29 is 19.0 Å². The Bertz CT molecular complexity index is 1130. The SMILES string of the molecule is CCCOc1ccc(C(=O)N2CCC3(CC2)Oc2ccccc2-n2cccc23)cc1OC. The zero-order valence-corrected chi connectivity index (χ0v) is 18.5. The van der Waals surface area contributed by atoms with E-state index in [0.717, 1.165) is 36.4 Å². The van der Waals surface area contributed by atoms with Gasteiger partial charge >= 0.3 is 0 Å². The predicted molar refractivity (Wildman–Crippen MR) is 122 cm³/mol. The van der Waals surface area contributed by atoms with Crippen LogP contribution in [0.2, 0.25) is 0 Å². The van der Waals surface area contributed by atoms with Crippen molar-refractivity contribution in [3.8, 4) is 22.9 Å². The first-order valence-corrected chi connectivity index (χ1v) is 11.2. The minimum atomic E-state index is -0.413. The highest BCUT2D eigenvalue weighted by Crippen LogP contribution is 2.45. The molecule has 3 aromatic rings. The molecule has 5 rings (SSSR count). The summed E-state index contributed by atoms with van der Waals surface area (Å²) in [4.78, 5) is 15.1. The Labute approximate surface area is 188 Å². The summed E-state index contributed by atoms with van der Waals surface area (Å²) in [7, 11) is 1.60. The lowest BCUT2D eigenvalue weighted by molar-refractivity contribution is -0.00931. The molecule has 1 saturated heterocycles. The number of likely N-dealkylation sites (tertiary alicyclic amines) is 1. The number of methoxy groups -OCH3 is 1. The number of hydrogen-bond donors (Lipinski definition) is 0. The maximum Gasteiger partial charge on any atom is 0.253 e. The molecule has 0 unspecified atom stereocenters. The van der Waals surface area contributed by atoms with Gasteiger partial charge < -0.3 is 23.7 Å². The molecule has 2 aliphatic heterocycles. The summed E-state index contributed by atoms with van der Waals surface area (Å²) in [6.07, 6.45) is 4.48. The van der Waals surface area contributed by atoms with Gasteiger partial charge in [-0.2, -0.15) is 0 Å². The summed E-state index contributed by atoms with van der Waals surface area (Å²) in [5.41, 5.74) is 2.42. The van der Waals surface area contributed by atoms with E-state index in [9.17, 15) is 4.79 Å². The topological polar surface area (TPSA) is 52.9 Å². The molecule has 6 heteroatoms. The molecule has 0 saturated carbocycles. The lowest BCUT2D eigenvalue weighted by Gasteiger charge is -2.45. The van der Waals surface area contributed by atoms with Crippen LogP contribution in [0.5, 0.6) is 17.2 Å². The second-order valence-corrected chi connectivity index (χ2v) is 8.33. The number of fused-ring (bicyclic) bond motifs is 4. The number of piperidine rings is 1. The van der Waals surface area contributed by atoms with Crippen molar-refractivity contribution in [1.29, 1.82) is 0 Å². The average Bonchev–Trinajstić information content (AvgIpc) is 3.34. The Morgan fingerprint density at radius 1 is 1.06 bits per heavy atom. The van der Waals surface area contributed by atoms with Gasteiger partial charge in [0, 0.05) is 37.7 Å². The van der Waals surface area contributed by atoms with E-state index in [1.807, 2.05) is 35.2 Å². The molecule has 1 amide bonds. The van der Waals surface area contributed by atoms with Crippen LogP contribution in [0.15, 0.2) is 60.8 Å². The maximum absolute atomic E-state index is 13.2. The minimum Gasteiger partial charge on any atom is -0.493 e. The van der Waals surface area contributed by atoms with Crippen LogP contribution in [0.3, 0.4) is 0 Å². The summed E-state index contributed by atoms with van der Waals surface area (Å²) in [6.45, 7) is 3.92. The number of amides is 1. The zero-order valence-electron chi connectivity index (χ0n) is 18.5. The second-order valence-electron chi connectivity index (χ2n) is 8.33. The van der Waals surface area contributed by atoms with Crippen molar-refractivity contribution in [2.75, 3.05) is 26.8 Å². The van der Waals surface area contributed by atoms with Gasteiger partial charge in [-0.1, -0.05) is 19.1 Å². The van der Waals surface area contributed by atoms with E-state index >= 15 is 0 Å². The molecule has 2 aliphatic rings. The number of hydrogen-bond acceptors (Lipinski definition) is 4. The molecule has 3 heterocycles. The normalized spacial score (nSPS) is 16.1. The van der Waals surface area contributed by atoms with E-state index in [1.165, 1.54) is 0 Å². The van der Waals surface area contributed by atoms with Crippen molar-refractivity contribution in [1.82, 2.24) is 9.47 Å². The van der Waals surface area contributed by atoms with Gasteiger partial charge in [0.1, 0.15) is 5.75 Å². The van der Waals surface area contributed by atoms with Gasteiger partial charge in [0.2, 0.25) is 0 Å². The van der Waals surface area contributed by atoms with Crippen LogP contribution in [-0.4, -0.2) is 42.2 Å². The number of aromatic nitrogens is 1. The van der Waals surface area contributed by atoms with Crippen molar-refractivity contribution in [3.63, 3.8) is 0 Å². The molecular weight excluding hydrogens is 404 g/mol. The summed E-state index contributed by atoms with van der Waals surface area (Å²) < 4.78 is 20.0. The molecule has 0 aliphatic carbocycles. The first-order chi connectivity index (χ1) is 15.6. The largest absolute Gasteiger partial charge is 0.493 e.